The van der Waals surface area contributed by atoms with Crippen LogP contribution in [0.15, 0.2) is 58.5 Å². The van der Waals surface area contributed by atoms with E-state index < -0.39 is 20.7 Å². The van der Waals surface area contributed by atoms with E-state index in [0.717, 1.165) is 0 Å². The smallest absolute Gasteiger partial charge is 0.350 e. The third kappa shape index (κ3) is 4.69. The molecular weight excluding hydrogens is 314 g/mol. The molecule has 0 saturated carbocycles. The van der Waals surface area contributed by atoms with Gasteiger partial charge in [-0.3, -0.25) is 0 Å². The molecule has 0 aliphatic heterocycles. The average molecular weight is 337 g/mol. The van der Waals surface area contributed by atoms with Crippen LogP contribution in [0.25, 0.3) is 0 Å². The lowest BCUT2D eigenvalue weighted by Gasteiger charge is -2.21. The molecule has 0 fully saturated rings. The maximum absolute atomic E-state index is 12.8. The van der Waals surface area contributed by atoms with Crippen molar-refractivity contribution in [1.82, 2.24) is 4.90 Å². The van der Waals surface area contributed by atoms with E-state index in [2.05, 4.69) is 6.58 Å². The van der Waals surface area contributed by atoms with Gasteiger partial charge in [0.1, 0.15) is 0 Å². The minimum absolute atomic E-state index is 0.0478. The van der Waals surface area contributed by atoms with Gasteiger partial charge in [0, 0.05) is 18.8 Å². The van der Waals surface area contributed by atoms with Crippen molar-refractivity contribution in [3.05, 3.63) is 53.6 Å². The summed E-state index contributed by atoms with van der Waals surface area (Å²) in [6, 6.07) is 7.82. The highest BCUT2D eigenvalue weighted by molar-refractivity contribution is 7.96. The average Bonchev–Trinajstić information content (AvgIpc) is 2.54. The molecule has 1 aromatic rings. The number of benzene rings is 1. The maximum atomic E-state index is 12.8. The Morgan fingerprint density at radius 1 is 1.17 bits per heavy atom. The maximum Gasteiger partial charge on any atom is 0.350 e. The minimum Gasteiger partial charge on any atom is -0.462 e. The number of carbonyl (C=O) groups is 1. The Labute approximate surface area is 138 Å². The molecule has 0 heterocycles. The Morgan fingerprint density at radius 2 is 1.74 bits per heavy atom. The summed E-state index contributed by atoms with van der Waals surface area (Å²) in [6.45, 7) is 10.8. The Hall–Kier alpha value is -2.08. The summed E-state index contributed by atoms with van der Waals surface area (Å²) in [4.78, 5) is 13.7. The van der Waals surface area contributed by atoms with Crippen molar-refractivity contribution in [2.45, 2.75) is 25.7 Å². The first-order valence-electron chi connectivity index (χ1n) is 7.51. The molecule has 126 valence electrons. The third-order valence-electron chi connectivity index (χ3n) is 3.29. The molecule has 6 heteroatoms. The standard InChI is InChI=1S/C17H23NO4S/c1-5-18(6-2)14(4)13-16(17(19)22-7-3)23(20,21)15-11-9-8-10-12-15/h8-13H,4-7H2,1-3H3. The van der Waals surface area contributed by atoms with Crippen LogP contribution < -0.4 is 0 Å². The molecule has 23 heavy (non-hydrogen) atoms. The number of ether oxygens (including phenoxy) is 1. The summed E-state index contributed by atoms with van der Waals surface area (Å²) in [6.07, 6.45) is 1.29. The van der Waals surface area contributed by atoms with Crippen LogP contribution in [0.2, 0.25) is 0 Å². The first-order chi connectivity index (χ1) is 10.9. The molecule has 0 amide bonds. The van der Waals surface area contributed by atoms with Crippen LogP contribution in [0, 0.1) is 0 Å². The van der Waals surface area contributed by atoms with Crippen molar-refractivity contribution < 1.29 is 17.9 Å². The Balaban J connectivity index is 3.37. The van der Waals surface area contributed by atoms with E-state index in [1.54, 1.807) is 25.1 Å². The van der Waals surface area contributed by atoms with E-state index in [9.17, 15) is 13.2 Å². The first kappa shape index (κ1) is 19.0. The molecule has 5 nitrogen and oxygen atoms in total. The molecule has 0 unspecified atom stereocenters. The van der Waals surface area contributed by atoms with Crippen molar-refractivity contribution in [3.63, 3.8) is 0 Å². The van der Waals surface area contributed by atoms with Crippen LogP contribution in [0.1, 0.15) is 20.8 Å². The topological polar surface area (TPSA) is 63.7 Å². The molecule has 1 rings (SSSR count). The molecule has 0 spiro atoms. The Morgan fingerprint density at radius 3 is 2.22 bits per heavy atom. The largest absolute Gasteiger partial charge is 0.462 e. The molecule has 0 radical (unpaired) electrons. The highest BCUT2D eigenvalue weighted by Crippen LogP contribution is 2.22. The molecule has 1 aromatic carbocycles. The quantitative estimate of drug-likeness (QED) is 0.415. The van der Waals surface area contributed by atoms with Gasteiger partial charge < -0.3 is 9.64 Å². The van der Waals surface area contributed by atoms with Gasteiger partial charge in [-0.2, -0.15) is 0 Å². The molecule has 0 aliphatic rings. The number of hydrogen-bond acceptors (Lipinski definition) is 5. The lowest BCUT2D eigenvalue weighted by Crippen LogP contribution is -2.23. The van der Waals surface area contributed by atoms with Crippen molar-refractivity contribution in [2.75, 3.05) is 19.7 Å². The van der Waals surface area contributed by atoms with Crippen LogP contribution >= 0.6 is 0 Å². The van der Waals surface area contributed by atoms with Crippen molar-refractivity contribution in [3.8, 4) is 0 Å². The summed E-state index contributed by atoms with van der Waals surface area (Å²) in [5.41, 5.74) is 0.456. The zero-order valence-electron chi connectivity index (χ0n) is 13.8. The SMILES string of the molecule is C=C(C=C(C(=O)OCC)S(=O)(=O)c1ccccc1)N(CC)CC. The number of esters is 1. The molecule has 0 N–H and O–H groups in total. The van der Waals surface area contributed by atoms with Gasteiger partial charge in [-0.25, -0.2) is 13.2 Å². The van der Waals surface area contributed by atoms with E-state index in [4.69, 9.17) is 4.74 Å². The first-order valence-corrected chi connectivity index (χ1v) is 8.99. The van der Waals surface area contributed by atoms with Crippen LogP contribution in [0.5, 0.6) is 0 Å². The van der Waals surface area contributed by atoms with E-state index in [-0.39, 0.29) is 11.5 Å². The van der Waals surface area contributed by atoms with Gasteiger partial charge in [0.25, 0.3) is 0 Å². The number of rotatable bonds is 8. The van der Waals surface area contributed by atoms with Crippen LogP contribution in [-0.2, 0) is 19.4 Å². The van der Waals surface area contributed by atoms with Crippen LogP contribution in [-0.4, -0.2) is 39.0 Å². The van der Waals surface area contributed by atoms with Gasteiger partial charge in [0.05, 0.1) is 11.5 Å². The van der Waals surface area contributed by atoms with E-state index >= 15 is 0 Å². The number of carbonyl (C=O) groups excluding carboxylic acids is 1. The van der Waals surface area contributed by atoms with E-state index in [0.29, 0.717) is 18.8 Å². The van der Waals surface area contributed by atoms with Crippen LogP contribution in [0.3, 0.4) is 0 Å². The van der Waals surface area contributed by atoms with Crippen molar-refractivity contribution in [2.24, 2.45) is 0 Å². The molecule has 0 saturated heterocycles. The number of hydrogen-bond donors (Lipinski definition) is 0. The molecule has 0 aromatic heterocycles. The number of likely N-dealkylation sites (N-methyl/N-ethyl adjacent to an activating group) is 1. The van der Waals surface area contributed by atoms with Crippen molar-refractivity contribution >= 4 is 15.8 Å². The fourth-order valence-electron chi connectivity index (χ4n) is 2.05. The van der Waals surface area contributed by atoms with Gasteiger partial charge in [0.15, 0.2) is 4.91 Å². The summed E-state index contributed by atoms with van der Waals surface area (Å²) in [5, 5.41) is 0. The summed E-state index contributed by atoms with van der Waals surface area (Å²) in [5.74, 6) is -0.871. The van der Waals surface area contributed by atoms with E-state index in [1.165, 1.54) is 18.2 Å². The molecule has 0 atom stereocenters. The number of sulfone groups is 1. The second kappa shape index (κ2) is 8.53. The second-order valence-corrected chi connectivity index (χ2v) is 6.63. The van der Waals surface area contributed by atoms with Gasteiger partial charge >= 0.3 is 5.97 Å². The summed E-state index contributed by atoms with van der Waals surface area (Å²) < 4.78 is 30.4. The Kier molecular flexibility index (Phi) is 7.03. The lowest BCUT2D eigenvalue weighted by molar-refractivity contribution is -0.137. The molecular formula is C17H23NO4S. The zero-order valence-corrected chi connectivity index (χ0v) is 14.6. The summed E-state index contributed by atoms with van der Waals surface area (Å²) in [7, 11) is -3.97. The van der Waals surface area contributed by atoms with Gasteiger partial charge in [-0.1, -0.05) is 24.8 Å². The predicted octanol–water partition coefficient (Wildman–Crippen LogP) is 2.76. The number of nitrogens with zero attached hydrogens (tertiary/aromatic N) is 1. The highest BCUT2D eigenvalue weighted by Gasteiger charge is 2.28. The predicted molar refractivity (Wildman–Crippen MR) is 90.4 cm³/mol. The fraction of sp³-hybridized carbons (Fsp3) is 0.353. The summed E-state index contributed by atoms with van der Waals surface area (Å²) >= 11 is 0. The highest BCUT2D eigenvalue weighted by atomic mass is 32.2. The zero-order chi connectivity index (χ0) is 17.5. The lowest BCUT2D eigenvalue weighted by atomic mass is 10.3. The normalized spacial score (nSPS) is 11.9. The third-order valence-corrected chi connectivity index (χ3v) is 5.04. The van der Waals surface area contributed by atoms with Gasteiger partial charge in [-0.15, -0.1) is 0 Å². The monoisotopic (exact) mass is 337 g/mol. The second-order valence-electron chi connectivity index (χ2n) is 4.71. The Bertz CT molecular complexity index is 674. The van der Waals surface area contributed by atoms with Crippen molar-refractivity contribution in [1.29, 1.82) is 0 Å². The minimum atomic E-state index is -3.97. The van der Waals surface area contributed by atoms with Gasteiger partial charge in [0.2, 0.25) is 9.84 Å². The number of allylic oxidation sites excluding steroid dienone is 1. The van der Waals surface area contributed by atoms with Crippen LogP contribution in [0.4, 0.5) is 0 Å². The molecule has 0 bridgehead atoms. The van der Waals surface area contributed by atoms with Gasteiger partial charge in [-0.05, 0) is 39.0 Å². The molecule has 0 aliphatic carbocycles. The van der Waals surface area contributed by atoms with E-state index in [1.807, 2.05) is 18.7 Å². The fourth-order valence-corrected chi connectivity index (χ4v) is 3.39.